The summed E-state index contributed by atoms with van der Waals surface area (Å²) in [6.45, 7) is 2.25. The molecule has 0 spiro atoms. The van der Waals surface area contributed by atoms with Crippen molar-refractivity contribution in [2.24, 2.45) is 5.92 Å². The molecule has 3 heteroatoms. The number of nitrogens with zero attached hydrogens (tertiary/aromatic N) is 1. The normalized spacial score (nSPS) is 37.1. The molecule has 102 valence electrons. The third kappa shape index (κ3) is 3.65. The molecule has 2 rings (SSSR count). The fourth-order valence-corrected chi connectivity index (χ4v) is 4.68. The maximum atomic E-state index is 9.33. The smallest absolute Gasteiger partial charge is 0.0672 e. The molecule has 2 saturated carbocycles. The Bertz CT molecular complexity index is 287. The lowest BCUT2D eigenvalue weighted by Crippen LogP contribution is -2.44. The first-order valence-electron chi connectivity index (χ1n) is 7.62. The average Bonchev–Trinajstić information content (AvgIpc) is 2.68. The van der Waals surface area contributed by atoms with Crippen LogP contribution in [0.4, 0.5) is 0 Å². The molecule has 18 heavy (non-hydrogen) atoms. The maximum absolute atomic E-state index is 9.33. The van der Waals surface area contributed by atoms with Crippen LogP contribution in [0.25, 0.3) is 0 Å². The number of thioether (sulfide) groups is 1. The van der Waals surface area contributed by atoms with E-state index in [2.05, 4.69) is 30.1 Å². The molecule has 0 bridgehead atoms. The topological polar surface area (TPSA) is 35.8 Å². The highest BCUT2D eigenvalue weighted by atomic mass is 32.2. The van der Waals surface area contributed by atoms with Gasteiger partial charge in [0, 0.05) is 17.3 Å². The molecule has 0 aliphatic heterocycles. The lowest BCUT2D eigenvalue weighted by atomic mass is 9.95. The van der Waals surface area contributed by atoms with Gasteiger partial charge in [0.1, 0.15) is 0 Å². The summed E-state index contributed by atoms with van der Waals surface area (Å²) in [5.41, 5.74) is 0. The highest BCUT2D eigenvalue weighted by Crippen LogP contribution is 2.32. The monoisotopic (exact) mass is 266 g/mol. The predicted octanol–water partition coefficient (Wildman–Crippen LogP) is 3.72. The van der Waals surface area contributed by atoms with Gasteiger partial charge in [-0.2, -0.15) is 17.0 Å². The Hall–Kier alpha value is -0.200. The van der Waals surface area contributed by atoms with E-state index in [9.17, 15) is 5.26 Å². The van der Waals surface area contributed by atoms with Crippen molar-refractivity contribution in [1.82, 2.24) is 5.32 Å². The molecule has 0 aromatic heterocycles. The molecule has 0 saturated heterocycles. The van der Waals surface area contributed by atoms with Gasteiger partial charge in [0.05, 0.1) is 12.0 Å². The lowest BCUT2D eigenvalue weighted by molar-refractivity contribution is 0.352. The molecule has 1 N–H and O–H groups in total. The van der Waals surface area contributed by atoms with Crippen molar-refractivity contribution in [3.8, 4) is 6.07 Å². The molecule has 4 atom stereocenters. The second-order valence-corrected chi connectivity index (χ2v) is 7.19. The van der Waals surface area contributed by atoms with Gasteiger partial charge in [-0.25, -0.2) is 0 Å². The van der Waals surface area contributed by atoms with E-state index < -0.39 is 0 Å². The van der Waals surface area contributed by atoms with Crippen LogP contribution in [0.3, 0.4) is 0 Å². The van der Waals surface area contributed by atoms with Gasteiger partial charge in [0.25, 0.3) is 0 Å². The summed E-state index contributed by atoms with van der Waals surface area (Å²) in [7, 11) is 0. The zero-order valence-corrected chi connectivity index (χ0v) is 12.3. The molecule has 2 fully saturated rings. The standard InChI is InChI=1S/C15H26N2S/c1-2-18-15-10-6-9-14(15)17-13-8-5-3-4-7-12(13)11-16/h12-15,17H,2-10H2,1H3. The van der Waals surface area contributed by atoms with E-state index >= 15 is 0 Å². The number of nitriles is 1. The molecule has 2 aliphatic carbocycles. The minimum Gasteiger partial charge on any atom is -0.309 e. The Balaban J connectivity index is 1.91. The third-order valence-electron chi connectivity index (χ3n) is 4.44. The van der Waals surface area contributed by atoms with Crippen molar-refractivity contribution in [2.45, 2.75) is 75.6 Å². The second kappa shape index (κ2) is 7.40. The molecular formula is C15H26N2S. The molecule has 2 nitrogen and oxygen atoms in total. The molecule has 0 amide bonds. The molecule has 0 heterocycles. The first-order chi connectivity index (χ1) is 8.85. The van der Waals surface area contributed by atoms with Crippen LogP contribution in [0.15, 0.2) is 0 Å². The van der Waals surface area contributed by atoms with E-state index in [1.54, 1.807) is 0 Å². The Labute approximate surface area is 116 Å². The van der Waals surface area contributed by atoms with Gasteiger partial charge in [0.2, 0.25) is 0 Å². The minimum atomic E-state index is 0.250. The fourth-order valence-electron chi connectivity index (χ4n) is 3.47. The van der Waals surface area contributed by atoms with E-state index in [0.717, 1.165) is 11.7 Å². The van der Waals surface area contributed by atoms with Crippen molar-refractivity contribution >= 4 is 11.8 Å². The zero-order valence-electron chi connectivity index (χ0n) is 11.5. The van der Waals surface area contributed by atoms with E-state index in [1.807, 2.05) is 0 Å². The highest BCUT2D eigenvalue weighted by Gasteiger charge is 2.32. The summed E-state index contributed by atoms with van der Waals surface area (Å²) in [5.74, 6) is 1.47. The van der Waals surface area contributed by atoms with Crippen molar-refractivity contribution in [2.75, 3.05) is 5.75 Å². The number of hydrogen-bond donors (Lipinski definition) is 1. The summed E-state index contributed by atoms with van der Waals surface area (Å²) in [6, 6.07) is 3.67. The first-order valence-corrected chi connectivity index (χ1v) is 8.67. The van der Waals surface area contributed by atoms with Crippen molar-refractivity contribution < 1.29 is 0 Å². The summed E-state index contributed by atoms with van der Waals surface area (Å²) in [5, 5.41) is 14.0. The van der Waals surface area contributed by atoms with E-state index in [-0.39, 0.29) is 5.92 Å². The Morgan fingerprint density at radius 2 is 1.83 bits per heavy atom. The Morgan fingerprint density at radius 1 is 1.06 bits per heavy atom. The largest absolute Gasteiger partial charge is 0.309 e. The van der Waals surface area contributed by atoms with Gasteiger partial charge in [0.15, 0.2) is 0 Å². The van der Waals surface area contributed by atoms with Crippen LogP contribution in [-0.2, 0) is 0 Å². The second-order valence-electron chi connectivity index (χ2n) is 5.68. The molecule has 0 aromatic carbocycles. The Kier molecular flexibility index (Phi) is 5.85. The quantitative estimate of drug-likeness (QED) is 0.788. The molecular weight excluding hydrogens is 240 g/mol. The van der Waals surface area contributed by atoms with Gasteiger partial charge in [-0.15, -0.1) is 0 Å². The van der Waals surface area contributed by atoms with E-state index in [4.69, 9.17) is 0 Å². The maximum Gasteiger partial charge on any atom is 0.0672 e. The minimum absolute atomic E-state index is 0.250. The first kappa shape index (κ1) is 14.2. The third-order valence-corrected chi connectivity index (χ3v) is 5.77. The lowest BCUT2D eigenvalue weighted by Gasteiger charge is -2.28. The van der Waals surface area contributed by atoms with Crippen LogP contribution < -0.4 is 5.32 Å². The van der Waals surface area contributed by atoms with Crippen LogP contribution in [-0.4, -0.2) is 23.1 Å². The van der Waals surface area contributed by atoms with Gasteiger partial charge < -0.3 is 5.32 Å². The SMILES string of the molecule is CCSC1CCCC1NC1CCCCCC1C#N. The molecule has 2 aliphatic rings. The van der Waals surface area contributed by atoms with Crippen LogP contribution in [0.2, 0.25) is 0 Å². The van der Waals surface area contributed by atoms with E-state index in [0.29, 0.717) is 12.1 Å². The number of nitrogens with one attached hydrogen (secondary N) is 1. The molecule has 0 radical (unpaired) electrons. The number of hydrogen-bond acceptors (Lipinski definition) is 3. The fraction of sp³-hybridized carbons (Fsp3) is 0.933. The molecule has 0 aromatic rings. The predicted molar refractivity (Wildman–Crippen MR) is 78.7 cm³/mol. The van der Waals surface area contributed by atoms with Crippen molar-refractivity contribution in [3.05, 3.63) is 0 Å². The Morgan fingerprint density at radius 3 is 2.61 bits per heavy atom. The van der Waals surface area contributed by atoms with Crippen molar-refractivity contribution in [1.29, 1.82) is 5.26 Å². The number of rotatable bonds is 4. The summed E-state index contributed by atoms with van der Waals surface area (Å²) < 4.78 is 0. The highest BCUT2D eigenvalue weighted by molar-refractivity contribution is 7.99. The van der Waals surface area contributed by atoms with Crippen LogP contribution in [0, 0.1) is 17.2 Å². The average molecular weight is 266 g/mol. The van der Waals surface area contributed by atoms with Gasteiger partial charge in [-0.05, 0) is 31.4 Å². The van der Waals surface area contributed by atoms with Gasteiger partial charge in [-0.3, -0.25) is 0 Å². The van der Waals surface area contributed by atoms with Gasteiger partial charge >= 0.3 is 0 Å². The van der Waals surface area contributed by atoms with Crippen molar-refractivity contribution in [3.63, 3.8) is 0 Å². The summed E-state index contributed by atoms with van der Waals surface area (Å²) >= 11 is 2.10. The van der Waals surface area contributed by atoms with Gasteiger partial charge in [-0.1, -0.05) is 32.6 Å². The molecule has 4 unspecified atom stereocenters. The van der Waals surface area contributed by atoms with E-state index in [1.165, 1.54) is 50.7 Å². The zero-order chi connectivity index (χ0) is 12.8. The summed E-state index contributed by atoms with van der Waals surface area (Å²) in [6.07, 6.45) is 10.2. The summed E-state index contributed by atoms with van der Waals surface area (Å²) in [4.78, 5) is 0. The van der Waals surface area contributed by atoms with Crippen LogP contribution in [0.5, 0.6) is 0 Å². The van der Waals surface area contributed by atoms with Crippen LogP contribution >= 0.6 is 11.8 Å². The van der Waals surface area contributed by atoms with Crippen LogP contribution in [0.1, 0.15) is 58.3 Å².